The molecule has 2 aromatic carbocycles. The molecule has 0 saturated heterocycles. The van der Waals surface area contributed by atoms with Gasteiger partial charge in [0, 0.05) is 47.0 Å². The van der Waals surface area contributed by atoms with Crippen LogP contribution in [0.4, 0.5) is 10.5 Å². The average Bonchev–Trinajstić information content (AvgIpc) is 3.19. The van der Waals surface area contributed by atoms with Gasteiger partial charge in [-0.1, -0.05) is 29.3 Å². The molecule has 0 aliphatic heterocycles. The van der Waals surface area contributed by atoms with Crippen LogP contribution in [0.5, 0.6) is 0 Å². The summed E-state index contributed by atoms with van der Waals surface area (Å²) in [7, 11) is 0. The fourth-order valence-corrected chi connectivity index (χ4v) is 2.98. The number of hydrogen-bond acceptors (Lipinski definition) is 3. The van der Waals surface area contributed by atoms with E-state index >= 15 is 0 Å². The van der Waals surface area contributed by atoms with Crippen LogP contribution >= 0.6 is 23.2 Å². The third kappa shape index (κ3) is 5.98. The van der Waals surface area contributed by atoms with E-state index in [1.807, 2.05) is 25.3 Å². The quantitative estimate of drug-likeness (QED) is 0.505. The second kappa shape index (κ2) is 10.1. The van der Waals surface area contributed by atoms with Gasteiger partial charge in [-0.2, -0.15) is 5.10 Å². The SMILES string of the molecule is Cc1c(Cl)cccc1NC(=O)CCNC(=O)NCc1cnn(-c2ccc(Cl)cc2)c1. The van der Waals surface area contributed by atoms with Gasteiger partial charge in [0.25, 0.3) is 0 Å². The van der Waals surface area contributed by atoms with Gasteiger partial charge in [0.2, 0.25) is 5.91 Å². The van der Waals surface area contributed by atoms with E-state index < -0.39 is 0 Å². The molecule has 3 N–H and O–H groups in total. The minimum atomic E-state index is -0.360. The number of halogens is 2. The van der Waals surface area contributed by atoms with Crippen molar-refractivity contribution in [1.29, 1.82) is 0 Å². The second-order valence-corrected chi connectivity index (χ2v) is 7.43. The van der Waals surface area contributed by atoms with E-state index in [1.54, 1.807) is 41.2 Å². The number of aromatic nitrogens is 2. The topological polar surface area (TPSA) is 88.1 Å². The van der Waals surface area contributed by atoms with Crippen LogP contribution in [0.2, 0.25) is 10.0 Å². The van der Waals surface area contributed by atoms with Gasteiger partial charge in [0.1, 0.15) is 0 Å². The Morgan fingerprint density at radius 1 is 1.07 bits per heavy atom. The number of rotatable bonds is 7. The Morgan fingerprint density at radius 3 is 2.60 bits per heavy atom. The van der Waals surface area contributed by atoms with E-state index in [2.05, 4.69) is 21.0 Å². The van der Waals surface area contributed by atoms with Crippen molar-refractivity contribution < 1.29 is 9.59 Å². The van der Waals surface area contributed by atoms with Gasteiger partial charge in [-0.05, 0) is 48.9 Å². The minimum Gasteiger partial charge on any atom is -0.338 e. The number of urea groups is 1. The molecule has 0 atom stereocenters. The molecule has 1 heterocycles. The van der Waals surface area contributed by atoms with E-state index in [4.69, 9.17) is 23.2 Å². The van der Waals surface area contributed by atoms with Crippen LogP contribution in [0.25, 0.3) is 5.69 Å². The molecule has 0 radical (unpaired) electrons. The first kappa shape index (κ1) is 21.7. The van der Waals surface area contributed by atoms with Crippen molar-refractivity contribution in [2.45, 2.75) is 19.9 Å². The maximum atomic E-state index is 12.1. The predicted octanol–water partition coefficient (Wildman–Crippen LogP) is 4.32. The number of nitrogens with one attached hydrogen (secondary N) is 3. The normalized spacial score (nSPS) is 10.5. The first-order valence-electron chi connectivity index (χ1n) is 9.28. The van der Waals surface area contributed by atoms with Gasteiger partial charge < -0.3 is 16.0 Å². The number of amides is 3. The molecule has 30 heavy (non-hydrogen) atoms. The highest BCUT2D eigenvalue weighted by Gasteiger charge is 2.08. The number of carbonyl (C=O) groups excluding carboxylic acids is 2. The van der Waals surface area contributed by atoms with E-state index in [1.165, 1.54) is 0 Å². The molecule has 3 rings (SSSR count). The van der Waals surface area contributed by atoms with Crippen molar-refractivity contribution in [2.75, 3.05) is 11.9 Å². The van der Waals surface area contributed by atoms with Crippen molar-refractivity contribution in [1.82, 2.24) is 20.4 Å². The van der Waals surface area contributed by atoms with E-state index in [-0.39, 0.29) is 24.9 Å². The van der Waals surface area contributed by atoms with Crippen LogP contribution in [0.1, 0.15) is 17.5 Å². The fourth-order valence-electron chi connectivity index (χ4n) is 2.68. The lowest BCUT2D eigenvalue weighted by Crippen LogP contribution is -2.36. The Morgan fingerprint density at radius 2 is 1.83 bits per heavy atom. The molecule has 1 aromatic heterocycles. The molecule has 0 saturated carbocycles. The summed E-state index contributed by atoms with van der Waals surface area (Å²) in [4.78, 5) is 24.0. The van der Waals surface area contributed by atoms with Crippen LogP contribution in [-0.4, -0.2) is 28.3 Å². The molecule has 3 amide bonds. The van der Waals surface area contributed by atoms with Crippen LogP contribution < -0.4 is 16.0 Å². The van der Waals surface area contributed by atoms with Crippen molar-refractivity contribution in [2.24, 2.45) is 0 Å². The average molecular weight is 446 g/mol. The third-order valence-electron chi connectivity index (χ3n) is 4.36. The van der Waals surface area contributed by atoms with E-state index in [9.17, 15) is 9.59 Å². The maximum absolute atomic E-state index is 12.1. The fraction of sp³-hybridized carbons (Fsp3) is 0.190. The summed E-state index contributed by atoms with van der Waals surface area (Å²) in [5.74, 6) is -0.204. The highest BCUT2D eigenvalue weighted by molar-refractivity contribution is 6.31. The van der Waals surface area contributed by atoms with E-state index in [0.29, 0.717) is 22.3 Å². The lowest BCUT2D eigenvalue weighted by Gasteiger charge is -2.10. The summed E-state index contributed by atoms with van der Waals surface area (Å²) in [6.45, 7) is 2.35. The Balaban J connectivity index is 1.39. The Labute approximate surface area is 184 Å². The lowest BCUT2D eigenvalue weighted by atomic mass is 10.2. The van der Waals surface area contributed by atoms with Crippen molar-refractivity contribution in [3.63, 3.8) is 0 Å². The Kier molecular flexibility index (Phi) is 7.32. The van der Waals surface area contributed by atoms with Gasteiger partial charge in [-0.25, -0.2) is 9.48 Å². The molecule has 0 bridgehead atoms. The molecule has 0 fully saturated rings. The molecule has 0 spiro atoms. The smallest absolute Gasteiger partial charge is 0.315 e. The summed E-state index contributed by atoms with van der Waals surface area (Å²) < 4.78 is 1.70. The number of nitrogens with zero attached hydrogens (tertiary/aromatic N) is 2. The monoisotopic (exact) mass is 445 g/mol. The molecule has 0 aliphatic carbocycles. The second-order valence-electron chi connectivity index (χ2n) is 6.59. The van der Waals surface area contributed by atoms with Crippen LogP contribution in [-0.2, 0) is 11.3 Å². The van der Waals surface area contributed by atoms with Gasteiger partial charge in [0.15, 0.2) is 0 Å². The van der Waals surface area contributed by atoms with Gasteiger partial charge in [0.05, 0.1) is 11.9 Å². The number of anilines is 1. The molecule has 0 unspecified atom stereocenters. The first-order valence-corrected chi connectivity index (χ1v) is 10.0. The minimum absolute atomic E-state index is 0.147. The van der Waals surface area contributed by atoms with Crippen LogP contribution in [0, 0.1) is 6.92 Å². The highest BCUT2D eigenvalue weighted by Crippen LogP contribution is 2.22. The van der Waals surface area contributed by atoms with E-state index in [0.717, 1.165) is 16.8 Å². The molecule has 0 aliphatic rings. The maximum Gasteiger partial charge on any atom is 0.315 e. The highest BCUT2D eigenvalue weighted by atomic mass is 35.5. The van der Waals surface area contributed by atoms with Gasteiger partial charge in [-0.15, -0.1) is 0 Å². The number of carbonyl (C=O) groups is 2. The summed E-state index contributed by atoms with van der Waals surface area (Å²) in [5, 5.41) is 13.7. The zero-order valence-electron chi connectivity index (χ0n) is 16.3. The third-order valence-corrected chi connectivity index (χ3v) is 5.02. The molecular formula is C21H21Cl2N5O2. The largest absolute Gasteiger partial charge is 0.338 e. The van der Waals surface area contributed by atoms with Crippen LogP contribution in [0.15, 0.2) is 54.9 Å². The lowest BCUT2D eigenvalue weighted by molar-refractivity contribution is -0.116. The number of benzene rings is 2. The standard InChI is InChI=1S/C21H21Cl2N5O2/c1-14-18(23)3-2-4-19(14)27-20(29)9-10-24-21(30)25-11-15-12-26-28(13-15)17-7-5-16(22)6-8-17/h2-8,12-13H,9-11H2,1H3,(H,27,29)(H2,24,25,30). The van der Waals surface area contributed by atoms with Gasteiger partial charge >= 0.3 is 6.03 Å². The zero-order chi connectivity index (χ0) is 21.5. The Bertz CT molecular complexity index is 1030. The summed E-state index contributed by atoms with van der Waals surface area (Å²) in [6.07, 6.45) is 3.65. The number of hydrogen-bond donors (Lipinski definition) is 3. The summed E-state index contributed by atoms with van der Waals surface area (Å²) in [5.41, 5.74) is 3.18. The van der Waals surface area contributed by atoms with Crippen molar-refractivity contribution in [3.05, 3.63) is 76.0 Å². The molecule has 3 aromatic rings. The zero-order valence-corrected chi connectivity index (χ0v) is 17.8. The molecule has 9 heteroatoms. The van der Waals surface area contributed by atoms with Crippen molar-refractivity contribution in [3.8, 4) is 5.69 Å². The summed E-state index contributed by atoms with van der Waals surface area (Å²) >= 11 is 11.9. The first-order chi connectivity index (χ1) is 14.4. The molecule has 7 nitrogen and oxygen atoms in total. The Hall–Kier alpha value is -3.03. The molecular weight excluding hydrogens is 425 g/mol. The van der Waals surface area contributed by atoms with Gasteiger partial charge in [-0.3, -0.25) is 4.79 Å². The van der Waals surface area contributed by atoms with Crippen molar-refractivity contribution >= 4 is 40.8 Å². The predicted molar refractivity (Wildman–Crippen MR) is 118 cm³/mol. The molecule has 156 valence electrons. The summed E-state index contributed by atoms with van der Waals surface area (Å²) in [6, 6.07) is 12.2. The van der Waals surface area contributed by atoms with Crippen LogP contribution in [0.3, 0.4) is 0 Å².